The van der Waals surface area contributed by atoms with Crippen LogP contribution in [0.5, 0.6) is 5.75 Å². The smallest absolute Gasteiger partial charge is 0.262 e. The highest BCUT2D eigenvalue weighted by atomic mass is 16.5. The maximum absolute atomic E-state index is 12.6. The lowest BCUT2D eigenvalue weighted by Gasteiger charge is -2.18. The fraction of sp³-hybridized carbons (Fsp3) is 0.0455. The lowest BCUT2D eigenvalue weighted by Crippen LogP contribution is -2.25. The molecule has 0 saturated carbocycles. The van der Waals surface area contributed by atoms with E-state index in [4.69, 9.17) is 4.74 Å². The number of ether oxygens (including phenoxy) is 1. The van der Waals surface area contributed by atoms with Crippen molar-refractivity contribution in [3.05, 3.63) is 78.6 Å². The number of hydrogen-bond donors (Lipinski definition) is 2. The van der Waals surface area contributed by atoms with Crippen molar-refractivity contribution in [1.29, 1.82) is 0 Å². The minimum absolute atomic E-state index is 0.00272. The molecule has 2 amide bonds. The van der Waals surface area contributed by atoms with Gasteiger partial charge < -0.3 is 15.4 Å². The van der Waals surface area contributed by atoms with E-state index in [9.17, 15) is 9.59 Å². The van der Waals surface area contributed by atoms with Gasteiger partial charge in [0.05, 0.1) is 16.7 Å². The molecule has 0 atom stereocenters. The van der Waals surface area contributed by atoms with Crippen LogP contribution in [0.1, 0.15) is 10.4 Å². The summed E-state index contributed by atoms with van der Waals surface area (Å²) >= 11 is 0. The predicted molar refractivity (Wildman–Crippen MR) is 110 cm³/mol. The molecule has 0 unspecified atom stereocenters. The van der Waals surface area contributed by atoms with Gasteiger partial charge in [0.1, 0.15) is 12.1 Å². The Hall–Kier alpha value is -4.13. The average molecular weight is 384 g/mol. The van der Waals surface area contributed by atoms with Gasteiger partial charge in [0, 0.05) is 16.9 Å². The van der Waals surface area contributed by atoms with Crippen LogP contribution in [-0.2, 0) is 4.79 Å². The highest BCUT2D eigenvalue weighted by molar-refractivity contribution is 6.05. The Labute approximate surface area is 165 Å². The van der Waals surface area contributed by atoms with Crippen molar-refractivity contribution in [2.24, 2.45) is 0 Å². The maximum atomic E-state index is 12.6. The molecule has 0 spiro atoms. The standard InChI is InChI=1S/C22H16N4O3/c27-21-12-29-20-10-7-15(11-18(20)25-21)24-22(28)14-5-8-16(9-6-14)26-13-23-17-3-1-2-4-19(17)26/h1-11,13H,12H2,(H,24,28)(H,25,27). The largest absolute Gasteiger partial charge is 0.482 e. The number of hydrogen-bond acceptors (Lipinski definition) is 4. The first-order valence-corrected chi connectivity index (χ1v) is 9.08. The van der Waals surface area contributed by atoms with Gasteiger partial charge in [0.15, 0.2) is 6.61 Å². The molecule has 29 heavy (non-hydrogen) atoms. The summed E-state index contributed by atoms with van der Waals surface area (Å²) in [7, 11) is 0. The van der Waals surface area contributed by atoms with Crippen LogP contribution in [0, 0.1) is 0 Å². The molecule has 0 radical (unpaired) electrons. The fourth-order valence-electron chi connectivity index (χ4n) is 3.30. The van der Waals surface area contributed by atoms with Crippen molar-refractivity contribution < 1.29 is 14.3 Å². The quantitative estimate of drug-likeness (QED) is 0.565. The Kier molecular flexibility index (Phi) is 3.98. The molecule has 1 aliphatic heterocycles. The molecule has 1 aromatic heterocycles. The molecule has 7 heteroatoms. The van der Waals surface area contributed by atoms with E-state index in [1.54, 1.807) is 36.7 Å². The Bertz CT molecular complexity index is 1240. The van der Waals surface area contributed by atoms with Crippen molar-refractivity contribution in [1.82, 2.24) is 9.55 Å². The van der Waals surface area contributed by atoms with Crippen LogP contribution in [0.4, 0.5) is 11.4 Å². The molecule has 3 aromatic carbocycles. The van der Waals surface area contributed by atoms with E-state index in [0.29, 0.717) is 22.7 Å². The van der Waals surface area contributed by atoms with Crippen molar-refractivity contribution in [3.63, 3.8) is 0 Å². The van der Waals surface area contributed by atoms with Crippen LogP contribution in [0.3, 0.4) is 0 Å². The van der Waals surface area contributed by atoms with Gasteiger partial charge in [-0.2, -0.15) is 0 Å². The van der Waals surface area contributed by atoms with E-state index in [0.717, 1.165) is 16.7 Å². The number of aromatic nitrogens is 2. The third-order valence-electron chi connectivity index (χ3n) is 4.73. The van der Waals surface area contributed by atoms with Gasteiger partial charge >= 0.3 is 0 Å². The number of anilines is 2. The Balaban J connectivity index is 1.36. The van der Waals surface area contributed by atoms with E-state index in [1.807, 2.05) is 41.0 Å². The normalized spacial score (nSPS) is 12.8. The molecule has 7 nitrogen and oxygen atoms in total. The number of amides is 2. The van der Waals surface area contributed by atoms with E-state index in [2.05, 4.69) is 15.6 Å². The summed E-state index contributed by atoms with van der Waals surface area (Å²) in [4.78, 5) is 28.5. The highest BCUT2D eigenvalue weighted by Gasteiger charge is 2.17. The highest BCUT2D eigenvalue weighted by Crippen LogP contribution is 2.30. The first kappa shape index (κ1) is 17.0. The topological polar surface area (TPSA) is 85.2 Å². The van der Waals surface area contributed by atoms with Crippen molar-refractivity contribution in [2.45, 2.75) is 0 Å². The number of imidazole rings is 1. The summed E-state index contributed by atoms with van der Waals surface area (Å²) in [5, 5.41) is 5.57. The summed E-state index contributed by atoms with van der Waals surface area (Å²) in [5.74, 6) is 0.123. The van der Waals surface area contributed by atoms with Crippen LogP contribution in [-0.4, -0.2) is 28.0 Å². The molecule has 0 saturated heterocycles. The second kappa shape index (κ2) is 6.79. The number of para-hydroxylation sites is 2. The van der Waals surface area contributed by atoms with Crippen LogP contribution in [0.25, 0.3) is 16.7 Å². The molecule has 5 rings (SSSR count). The number of fused-ring (bicyclic) bond motifs is 2. The second-order valence-corrected chi connectivity index (χ2v) is 6.65. The van der Waals surface area contributed by atoms with E-state index >= 15 is 0 Å². The Morgan fingerprint density at radius 2 is 1.90 bits per heavy atom. The molecule has 0 fully saturated rings. The second-order valence-electron chi connectivity index (χ2n) is 6.65. The minimum atomic E-state index is -0.241. The minimum Gasteiger partial charge on any atom is -0.482 e. The van der Waals surface area contributed by atoms with Gasteiger partial charge in [0.2, 0.25) is 0 Å². The van der Waals surface area contributed by atoms with Gasteiger partial charge in [-0.1, -0.05) is 12.1 Å². The number of benzene rings is 3. The van der Waals surface area contributed by atoms with Gasteiger partial charge in [-0.15, -0.1) is 0 Å². The number of rotatable bonds is 3. The monoisotopic (exact) mass is 384 g/mol. The molecular weight excluding hydrogens is 368 g/mol. The molecule has 4 aromatic rings. The van der Waals surface area contributed by atoms with E-state index in [-0.39, 0.29) is 18.4 Å². The zero-order valence-corrected chi connectivity index (χ0v) is 15.3. The Morgan fingerprint density at radius 3 is 2.76 bits per heavy atom. The zero-order valence-electron chi connectivity index (χ0n) is 15.3. The number of nitrogens with one attached hydrogen (secondary N) is 2. The number of carbonyl (C=O) groups excluding carboxylic acids is 2. The SMILES string of the molecule is O=C1COc2ccc(NC(=O)c3ccc(-n4cnc5ccccc54)cc3)cc2N1. The van der Waals surface area contributed by atoms with Crippen LogP contribution in [0.2, 0.25) is 0 Å². The fourth-order valence-corrected chi connectivity index (χ4v) is 3.30. The van der Waals surface area contributed by atoms with Crippen molar-refractivity contribution >= 4 is 34.2 Å². The van der Waals surface area contributed by atoms with E-state index in [1.165, 1.54) is 0 Å². The van der Waals surface area contributed by atoms with Gasteiger partial charge in [0.25, 0.3) is 11.8 Å². The zero-order chi connectivity index (χ0) is 19.8. The molecule has 2 N–H and O–H groups in total. The summed E-state index contributed by atoms with van der Waals surface area (Å²) in [5.41, 5.74) is 4.48. The van der Waals surface area contributed by atoms with Gasteiger partial charge in [-0.3, -0.25) is 14.2 Å². The first-order chi connectivity index (χ1) is 14.2. The molecular formula is C22H16N4O3. The number of carbonyl (C=O) groups is 2. The number of nitrogens with zero attached hydrogens (tertiary/aromatic N) is 2. The molecule has 1 aliphatic rings. The average Bonchev–Trinajstić information content (AvgIpc) is 3.18. The van der Waals surface area contributed by atoms with Crippen molar-refractivity contribution in [3.8, 4) is 11.4 Å². The molecule has 2 heterocycles. The third-order valence-corrected chi connectivity index (χ3v) is 4.73. The molecule has 0 aliphatic carbocycles. The summed E-state index contributed by atoms with van der Waals surface area (Å²) in [6.45, 7) is -0.00272. The third kappa shape index (κ3) is 3.19. The van der Waals surface area contributed by atoms with Crippen LogP contribution >= 0.6 is 0 Å². The first-order valence-electron chi connectivity index (χ1n) is 9.08. The lowest BCUT2D eigenvalue weighted by atomic mass is 10.1. The van der Waals surface area contributed by atoms with Crippen LogP contribution < -0.4 is 15.4 Å². The van der Waals surface area contributed by atoms with Gasteiger partial charge in [-0.05, 0) is 54.6 Å². The summed E-state index contributed by atoms with van der Waals surface area (Å²) < 4.78 is 7.30. The molecule has 142 valence electrons. The molecule has 0 bridgehead atoms. The summed E-state index contributed by atoms with van der Waals surface area (Å²) in [6.07, 6.45) is 1.77. The predicted octanol–water partition coefficient (Wildman–Crippen LogP) is 3.61. The summed E-state index contributed by atoms with van der Waals surface area (Å²) in [6, 6.07) is 20.3. The Morgan fingerprint density at radius 1 is 1.07 bits per heavy atom. The van der Waals surface area contributed by atoms with E-state index < -0.39 is 0 Å². The van der Waals surface area contributed by atoms with Crippen LogP contribution in [0.15, 0.2) is 73.1 Å². The lowest BCUT2D eigenvalue weighted by molar-refractivity contribution is -0.118. The van der Waals surface area contributed by atoms with Gasteiger partial charge in [-0.25, -0.2) is 4.98 Å². The van der Waals surface area contributed by atoms with Crippen molar-refractivity contribution in [2.75, 3.05) is 17.2 Å². The maximum Gasteiger partial charge on any atom is 0.262 e.